The number of hydrogen-bond acceptors (Lipinski definition) is 4. The van der Waals surface area contributed by atoms with Gasteiger partial charge in [0.25, 0.3) is 0 Å². The van der Waals surface area contributed by atoms with E-state index in [4.69, 9.17) is 4.74 Å². The molecule has 2 aromatic carbocycles. The Morgan fingerprint density at radius 2 is 1.59 bits per heavy atom. The molecule has 5 heteroatoms. The van der Waals surface area contributed by atoms with E-state index in [1.807, 2.05) is 25.1 Å². The predicted octanol–water partition coefficient (Wildman–Crippen LogP) is 4.08. The average molecular weight is 396 g/mol. The van der Waals surface area contributed by atoms with Gasteiger partial charge in [0.05, 0.1) is 11.5 Å². The second-order valence-electron chi connectivity index (χ2n) is 7.90. The number of benzene rings is 2. The monoisotopic (exact) mass is 395 g/mol. The van der Waals surface area contributed by atoms with Gasteiger partial charge in [0.15, 0.2) is 0 Å². The Balaban J connectivity index is 1.33. The summed E-state index contributed by atoms with van der Waals surface area (Å²) in [5.74, 6) is 0.469. The van der Waals surface area contributed by atoms with E-state index >= 15 is 0 Å². The van der Waals surface area contributed by atoms with Crippen LogP contribution in [0.15, 0.2) is 54.6 Å². The summed E-state index contributed by atoms with van der Waals surface area (Å²) in [6, 6.07) is 18.8. The zero-order chi connectivity index (χ0) is 20.5. The van der Waals surface area contributed by atoms with Crippen LogP contribution in [-0.2, 0) is 5.41 Å². The van der Waals surface area contributed by atoms with Crippen LogP contribution in [0.5, 0.6) is 5.75 Å². The summed E-state index contributed by atoms with van der Waals surface area (Å²) in [4.78, 5) is 4.89. The fraction of sp³-hybridized carbons (Fsp3) is 0.458. The normalized spacial score (nSPS) is 17.4. The van der Waals surface area contributed by atoms with Crippen LogP contribution in [0.4, 0.5) is 4.39 Å². The molecule has 1 heterocycles. The molecular formula is C24H30FN3O. The molecule has 0 N–H and O–H groups in total. The quantitative estimate of drug-likeness (QED) is 0.641. The molecule has 0 bridgehead atoms. The molecule has 1 aliphatic heterocycles. The molecule has 3 rings (SSSR count). The zero-order valence-electron chi connectivity index (χ0n) is 17.2. The van der Waals surface area contributed by atoms with E-state index < -0.39 is 5.41 Å². The molecule has 0 aromatic heterocycles. The molecule has 154 valence electrons. The van der Waals surface area contributed by atoms with Gasteiger partial charge in [-0.3, -0.25) is 4.90 Å². The van der Waals surface area contributed by atoms with Gasteiger partial charge in [0.2, 0.25) is 0 Å². The Kier molecular flexibility index (Phi) is 7.62. The number of nitrogens with zero attached hydrogens (tertiary/aromatic N) is 3. The molecule has 0 radical (unpaired) electrons. The Morgan fingerprint density at radius 1 is 0.966 bits per heavy atom. The van der Waals surface area contributed by atoms with Crippen molar-refractivity contribution in [3.63, 3.8) is 0 Å². The molecule has 0 amide bonds. The number of ether oxygens (including phenoxy) is 1. The second-order valence-corrected chi connectivity index (χ2v) is 7.90. The average Bonchev–Trinajstić information content (AvgIpc) is 2.77. The van der Waals surface area contributed by atoms with Gasteiger partial charge in [0, 0.05) is 32.7 Å². The first-order chi connectivity index (χ1) is 14.1. The third kappa shape index (κ3) is 6.28. The number of rotatable bonds is 9. The summed E-state index contributed by atoms with van der Waals surface area (Å²) in [7, 11) is 0. The maximum absolute atomic E-state index is 12.9. The molecule has 1 atom stereocenters. The second kappa shape index (κ2) is 10.4. The molecule has 2 aromatic rings. The van der Waals surface area contributed by atoms with Crippen LogP contribution < -0.4 is 4.74 Å². The Morgan fingerprint density at radius 3 is 2.21 bits per heavy atom. The smallest absolute Gasteiger partial charge is 0.123 e. The van der Waals surface area contributed by atoms with E-state index in [2.05, 4.69) is 28.0 Å². The molecule has 4 nitrogen and oxygen atoms in total. The largest absolute Gasteiger partial charge is 0.492 e. The molecule has 1 aliphatic rings. The highest BCUT2D eigenvalue weighted by molar-refractivity contribution is 5.30. The van der Waals surface area contributed by atoms with Crippen LogP contribution in [0.25, 0.3) is 0 Å². The van der Waals surface area contributed by atoms with Crippen LogP contribution >= 0.6 is 0 Å². The fourth-order valence-corrected chi connectivity index (χ4v) is 3.79. The van der Waals surface area contributed by atoms with Crippen molar-refractivity contribution in [1.29, 1.82) is 5.26 Å². The van der Waals surface area contributed by atoms with Crippen LogP contribution in [0, 0.1) is 17.1 Å². The van der Waals surface area contributed by atoms with Crippen molar-refractivity contribution < 1.29 is 9.13 Å². The van der Waals surface area contributed by atoms with Crippen molar-refractivity contribution >= 4 is 0 Å². The fourth-order valence-electron chi connectivity index (χ4n) is 3.79. The van der Waals surface area contributed by atoms with Gasteiger partial charge >= 0.3 is 0 Å². The minimum absolute atomic E-state index is 0.243. The van der Waals surface area contributed by atoms with Gasteiger partial charge < -0.3 is 9.64 Å². The van der Waals surface area contributed by atoms with Crippen molar-refractivity contribution in [2.75, 3.05) is 45.9 Å². The molecule has 29 heavy (non-hydrogen) atoms. The highest BCUT2D eigenvalue weighted by Crippen LogP contribution is 2.28. The summed E-state index contributed by atoms with van der Waals surface area (Å²) in [6.07, 6.45) is 1.89. The topological polar surface area (TPSA) is 39.5 Å². The molecule has 0 saturated carbocycles. The van der Waals surface area contributed by atoms with Crippen molar-refractivity contribution in [3.8, 4) is 11.8 Å². The van der Waals surface area contributed by atoms with Gasteiger partial charge in [-0.15, -0.1) is 0 Å². The van der Waals surface area contributed by atoms with Crippen molar-refractivity contribution in [1.82, 2.24) is 9.80 Å². The van der Waals surface area contributed by atoms with Gasteiger partial charge in [-0.1, -0.05) is 30.3 Å². The maximum atomic E-state index is 12.9. The van der Waals surface area contributed by atoms with E-state index in [0.29, 0.717) is 12.4 Å². The van der Waals surface area contributed by atoms with E-state index in [0.717, 1.165) is 57.7 Å². The van der Waals surface area contributed by atoms with Gasteiger partial charge in [-0.05, 0) is 56.1 Å². The minimum atomic E-state index is -0.416. The first-order valence-electron chi connectivity index (χ1n) is 10.4. The van der Waals surface area contributed by atoms with Gasteiger partial charge in [-0.25, -0.2) is 4.39 Å². The standard InChI is InChI=1S/C24H30FN3O/c1-24(20-26,21-6-3-2-4-7-21)12-5-13-27-14-16-28(17-15-27)18-19-29-23-10-8-22(25)9-11-23/h2-4,6-11H,5,12-19H2,1H3. The summed E-state index contributed by atoms with van der Waals surface area (Å²) in [5, 5.41) is 9.69. The van der Waals surface area contributed by atoms with Crippen molar-refractivity contribution in [2.45, 2.75) is 25.2 Å². The molecule has 1 saturated heterocycles. The number of halogens is 1. The van der Waals surface area contributed by atoms with Gasteiger partial charge in [0.1, 0.15) is 18.2 Å². The molecule has 1 fully saturated rings. The lowest BCUT2D eigenvalue weighted by Gasteiger charge is -2.35. The van der Waals surface area contributed by atoms with Crippen LogP contribution in [0.3, 0.4) is 0 Å². The summed E-state index contributed by atoms with van der Waals surface area (Å²) < 4.78 is 18.6. The first-order valence-corrected chi connectivity index (χ1v) is 10.4. The summed E-state index contributed by atoms with van der Waals surface area (Å²) in [5.41, 5.74) is 0.689. The first kappa shape index (κ1) is 21.3. The number of piperazine rings is 1. The van der Waals surface area contributed by atoms with Gasteiger partial charge in [-0.2, -0.15) is 5.26 Å². The van der Waals surface area contributed by atoms with Crippen molar-refractivity contribution in [2.24, 2.45) is 0 Å². The van der Waals surface area contributed by atoms with Crippen molar-refractivity contribution in [3.05, 3.63) is 66.0 Å². The van der Waals surface area contributed by atoms with Crippen LogP contribution in [-0.4, -0.2) is 55.7 Å². The lowest BCUT2D eigenvalue weighted by molar-refractivity contribution is 0.115. The Hall–Kier alpha value is -2.42. The van der Waals surface area contributed by atoms with E-state index in [1.165, 1.54) is 12.1 Å². The number of hydrogen-bond donors (Lipinski definition) is 0. The van der Waals surface area contributed by atoms with Crippen LogP contribution in [0.1, 0.15) is 25.3 Å². The SMILES string of the molecule is CC(C#N)(CCCN1CCN(CCOc2ccc(F)cc2)CC1)c1ccccc1. The highest BCUT2D eigenvalue weighted by Gasteiger charge is 2.26. The third-order valence-electron chi connectivity index (χ3n) is 5.76. The minimum Gasteiger partial charge on any atom is -0.492 e. The molecule has 1 unspecified atom stereocenters. The summed E-state index contributed by atoms with van der Waals surface area (Å²) in [6.45, 7) is 8.72. The number of nitriles is 1. The Bertz CT molecular complexity index is 782. The van der Waals surface area contributed by atoms with Crippen LogP contribution in [0.2, 0.25) is 0 Å². The summed E-state index contributed by atoms with van der Waals surface area (Å²) >= 11 is 0. The third-order valence-corrected chi connectivity index (χ3v) is 5.76. The molecule has 0 spiro atoms. The predicted molar refractivity (Wildman–Crippen MR) is 113 cm³/mol. The van der Waals surface area contributed by atoms with E-state index in [1.54, 1.807) is 12.1 Å². The maximum Gasteiger partial charge on any atom is 0.123 e. The molecule has 0 aliphatic carbocycles. The lowest BCUT2D eigenvalue weighted by atomic mass is 9.80. The zero-order valence-corrected chi connectivity index (χ0v) is 17.2. The molecular weight excluding hydrogens is 365 g/mol. The van der Waals surface area contributed by atoms with E-state index in [-0.39, 0.29) is 5.82 Å². The lowest BCUT2D eigenvalue weighted by Crippen LogP contribution is -2.47. The Labute approximate surface area is 173 Å². The highest BCUT2D eigenvalue weighted by atomic mass is 19.1. The van der Waals surface area contributed by atoms with E-state index in [9.17, 15) is 9.65 Å².